The number of rotatable bonds is 5. The van der Waals surface area contributed by atoms with Gasteiger partial charge in [0, 0.05) is 55.7 Å². The molecule has 164 valence electrons. The fourth-order valence-corrected chi connectivity index (χ4v) is 4.81. The molecule has 3 heterocycles. The van der Waals surface area contributed by atoms with Crippen LogP contribution in [0.3, 0.4) is 0 Å². The van der Waals surface area contributed by atoms with Crippen LogP contribution in [0.1, 0.15) is 32.1 Å². The third-order valence-electron chi connectivity index (χ3n) is 6.49. The van der Waals surface area contributed by atoms with Crippen molar-refractivity contribution in [2.24, 2.45) is 0 Å². The van der Waals surface area contributed by atoms with Gasteiger partial charge in [0.2, 0.25) is 11.9 Å². The summed E-state index contributed by atoms with van der Waals surface area (Å²) in [5.41, 5.74) is 2.25. The number of anilines is 2. The Kier molecular flexibility index (Phi) is 5.63. The van der Waals surface area contributed by atoms with E-state index in [1.165, 1.54) is 25.7 Å². The molecule has 0 atom stereocenters. The summed E-state index contributed by atoms with van der Waals surface area (Å²) in [5.74, 6) is 1.45. The van der Waals surface area contributed by atoms with Gasteiger partial charge in [0.15, 0.2) is 0 Å². The molecule has 3 aromatic rings. The molecule has 1 saturated heterocycles. The fraction of sp³-hybridized carbons (Fsp3) is 0.417. The second-order valence-electron chi connectivity index (χ2n) is 8.46. The first-order valence-corrected chi connectivity index (χ1v) is 11.3. The maximum Gasteiger partial charge on any atom is 0.236 e. The molecule has 1 saturated carbocycles. The van der Waals surface area contributed by atoms with E-state index in [9.17, 15) is 4.79 Å². The summed E-state index contributed by atoms with van der Waals surface area (Å²) in [6.45, 7) is 2.79. The molecule has 1 aliphatic heterocycles. The van der Waals surface area contributed by atoms with Crippen molar-refractivity contribution >= 4 is 28.4 Å². The Balaban J connectivity index is 1.37. The summed E-state index contributed by atoms with van der Waals surface area (Å²) < 4.78 is 2.10. The summed E-state index contributed by atoms with van der Waals surface area (Å²) in [7, 11) is 0. The van der Waals surface area contributed by atoms with Crippen LogP contribution in [-0.4, -0.2) is 57.6 Å². The van der Waals surface area contributed by atoms with Crippen molar-refractivity contribution in [2.45, 2.75) is 38.1 Å². The van der Waals surface area contributed by atoms with Crippen LogP contribution in [0, 0.1) is 11.3 Å². The Morgan fingerprint density at radius 1 is 1.12 bits per heavy atom. The maximum absolute atomic E-state index is 12.0. The van der Waals surface area contributed by atoms with E-state index in [0.717, 1.165) is 35.5 Å². The molecule has 0 radical (unpaired) electrons. The summed E-state index contributed by atoms with van der Waals surface area (Å²) >= 11 is 0. The highest BCUT2D eigenvalue weighted by Gasteiger charge is 2.22. The minimum Gasteiger partial charge on any atom is -0.367 e. The third kappa shape index (κ3) is 3.98. The van der Waals surface area contributed by atoms with Gasteiger partial charge in [-0.1, -0.05) is 18.9 Å². The molecule has 32 heavy (non-hydrogen) atoms. The van der Waals surface area contributed by atoms with Crippen LogP contribution >= 0.6 is 0 Å². The molecule has 2 aromatic heterocycles. The van der Waals surface area contributed by atoms with E-state index in [4.69, 9.17) is 10.2 Å². The molecule has 0 bridgehead atoms. The summed E-state index contributed by atoms with van der Waals surface area (Å²) in [6, 6.07) is 12.8. The van der Waals surface area contributed by atoms with Crippen LogP contribution in [-0.2, 0) is 4.79 Å². The molecule has 2 aliphatic rings. The van der Waals surface area contributed by atoms with Crippen LogP contribution in [0.25, 0.3) is 16.7 Å². The van der Waals surface area contributed by atoms with Gasteiger partial charge in [-0.3, -0.25) is 4.79 Å². The van der Waals surface area contributed by atoms with Gasteiger partial charge in [-0.15, -0.1) is 0 Å². The molecule has 1 amide bonds. The Bertz CT molecular complexity index is 1150. The monoisotopic (exact) mass is 429 g/mol. The zero-order valence-electron chi connectivity index (χ0n) is 18.1. The topological polar surface area (TPSA) is 90.1 Å². The average molecular weight is 430 g/mol. The van der Waals surface area contributed by atoms with Crippen molar-refractivity contribution < 1.29 is 4.79 Å². The second-order valence-corrected chi connectivity index (χ2v) is 8.46. The van der Waals surface area contributed by atoms with Crippen molar-refractivity contribution in [3.63, 3.8) is 0 Å². The van der Waals surface area contributed by atoms with Crippen LogP contribution in [0.4, 0.5) is 11.6 Å². The van der Waals surface area contributed by atoms with Gasteiger partial charge in [0.05, 0.1) is 11.6 Å². The fourth-order valence-electron chi connectivity index (χ4n) is 4.81. The molecule has 1 N–H and O–H groups in total. The first kappa shape index (κ1) is 20.3. The first-order chi connectivity index (χ1) is 15.7. The SMILES string of the molecule is N#CCC(=O)N1CCN(c2cccc3c2ccn3-c2ccnc(NC3CCCC3)n2)CC1. The highest BCUT2D eigenvalue weighted by atomic mass is 16.2. The molecule has 0 unspecified atom stereocenters. The van der Waals surface area contributed by atoms with Gasteiger partial charge in [-0.2, -0.15) is 10.2 Å². The Morgan fingerprint density at radius 3 is 2.72 bits per heavy atom. The largest absolute Gasteiger partial charge is 0.367 e. The normalized spacial score (nSPS) is 17.0. The predicted octanol–water partition coefficient (Wildman–Crippen LogP) is 3.34. The third-order valence-corrected chi connectivity index (χ3v) is 6.49. The lowest BCUT2D eigenvalue weighted by Gasteiger charge is -2.36. The number of benzene rings is 1. The Labute approximate surface area is 187 Å². The average Bonchev–Trinajstić information content (AvgIpc) is 3.49. The molecule has 1 aromatic carbocycles. The molecular weight excluding hydrogens is 402 g/mol. The quantitative estimate of drug-likeness (QED) is 0.669. The van der Waals surface area contributed by atoms with Crippen LogP contribution < -0.4 is 10.2 Å². The zero-order chi connectivity index (χ0) is 21.9. The van der Waals surface area contributed by atoms with Gasteiger partial charge in [-0.25, -0.2) is 4.98 Å². The Morgan fingerprint density at radius 2 is 1.94 bits per heavy atom. The van der Waals surface area contributed by atoms with Gasteiger partial charge >= 0.3 is 0 Å². The number of aromatic nitrogens is 3. The number of nitrogens with zero attached hydrogens (tertiary/aromatic N) is 6. The molecule has 5 rings (SSSR count). The van der Waals surface area contributed by atoms with Crippen molar-refractivity contribution in [2.75, 3.05) is 36.4 Å². The van der Waals surface area contributed by atoms with E-state index in [0.29, 0.717) is 25.1 Å². The van der Waals surface area contributed by atoms with Crippen LogP contribution in [0.5, 0.6) is 0 Å². The number of hydrogen-bond donors (Lipinski definition) is 1. The van der Waals surface area contributed by atoms with Gasteiger partial charge in [0.25, 0.3) is 0 Å². The number of fused-ring (bicyclic) bond motifs is 1. The minimum atomic E-state index is -0.0812. The smallest absolute Gasteiger partial charge is 0.236 e. The number of piperazine rings is 1. The minimum absolute atomic E-state index is 0.0467. The molecule has 1 aliphatic carbocycles. The van der Waals surface area contributed by atoms with Gasteiger partial charge in [-0.05, 0) is 37.1 Å². The van der Waals surface area contributed by atoms with E-state index in [1.807, 2.05) is 18.3 Å². The number of hydrogen-bond acceptors (Lipinski definition) is 6. The maximum atomic E-state index is 12.0. The standard InChI is InChI=1S/C24H27N7O/c25-11-8-23(32)30-16-14-29(15-17-30)20-6-3-7-21-19(20)10-13-31(21)22-9-12-26-24(28-22)27-18-4-1-2-5-18/h3,6-7,9-10,12-13,18H,1-2,4-5,8,14-17H2,(H,26,27,28). The molecule has 0 spiro atoms. The number of nitriles is 1. The van der Waals surface area contributed by atoms with E-state index in [-0.39, 0.29) is 12.3 Å². The van der Waals surface area contributed by atoms with Gasteiger partial charge < -0.3 is 19.7 Å². The number of amides is 1. The van der Waals surface area contributed by atoms with Crippen molar-refractivity contribution in [3.05, 3.63) is 42.7 Å². The van der Waals surface area contributed by atoms with Crippen LogP contribution in [0.15, 0.2) is 42.7 Å². The molecule has 8 heteroatoms. The summed E-state index contributed by atoms with van der Waals surface area (Å²) in [5, 5.41) is 13.4. The van der Waals surface area contributed by atoms with E-state index >= 15 is 0 Å². The summed E-state index contributed by atoms with van der Waals surface area (Å²) in [4.78, 5) is 25.3. The molecule has 2 fully saturated rings. The van der Waals surface area contributed by atoms with Gasteiger partial charge in [0.1, 0.15) is 12.2 Å². The highest BCUT2D eigenvalue weighted by Crippen LogP contribution is 2.30. The summed E-state index contributed by atoms with van der Waals surface area (Å²) in [6.07, 6.45) is 8.72. The number of nitrogens with one attached hydrogen (secondary N) is 1. The van der Waals surface area contributed by atoms with Crippen molar-refractivity contribution in [1.82, 2.24) is 19.4 Å². The van der Waals surface area contributed by atoms with E-state index < -0.39 is 0 Å². The first-order valence-electron chi connectivity index (χ1n) is 11.3. The number of carbonyl (C=O) groups is 1. The number of carbonyl (C=O) groups excluding carboxylic acids is 1. The molecular formula is C24H27N7O. The predicted molar refractivity (Wildman–Crippen MR) is 124 cm³/mol. The lowest BCUT2D eigenvalue weighted by Crippen LogP contribution is -2.48. The van der Waals surface area contributed by atoms with Crippen molar-refractivity contribution in [3.8, 4) is 11.9 Å². The lowest BCUT2D eigenvalue weighted by atomic mass is 10.1. The van der Waals surface area contributed by atoms with Crippen molar-refractivity contribution in [1.29, 1.82) is 5.26 Å². The second kappa shape index (κ2) is 8.87. The lowest BCUT2D eigenvalue weighted by molar-refractivity contribution is -0.130. The Hall–Kier alpha value is -3.60. The highest BCUT2D eigenvalue weighted by molar-refractivity contribution is 5.94. The zero-order valence-corrected chi connectivity index (χ0v) is 18.1. The van der Waals surface area contributed by atoms with Crippen LogP contribution in [0.2, 0.25) is 0 Å². The van der Waals surface area contributed by atoms with E-state index in [1.54, 1.807) is 4.90 Å². The molecule has 8 nitrogen and oxygen atoms in total. The van der Waals surface area contributed by atoms with E-state index in [2.05, 4.69) is 50.2 Å².